The van der Waals surface area contributed by atoms with Gasteiger partial charge in [-0.2, -0.15) is 4.57 Å². The van der Waals surface area contributed by atoms with Crippen LogP contribution >= 0.6 is 0 Å². The Hall–Kier alpha value is -3.28. The third-order valence-electron chi connectivity index (χ3n) is 7.45. The molecule has 2 aromatic carbocycles. The summed E-state index contributed by atoms with van der Waals surface area (Å²) in [6, 6.07) is 10.8. The van der Waals surface area contributed by atoms with Gasteiger partial charge in [-0.1, -0.05) is 32.3 Å². The zero-order chi connectivity index (χ0) is 25.1. The first-order valence-corrected chi connectivity index (χ1v) is 13.3. The van der Waals surface area contributed by atoms with E-state index in [1.807, 2.05) is 6.07 Å². The molecule has 1 unspecified atom stereocenters. The summed E-state index contributed by atoms with van der Waals surface area (Å²) in [5.74, 6) is 1.69. The predicted octanol–water partition coefficient (Wildman–Crippen LogP) is 6.05. The van der Waals surface area contributed by atoms with Gasteiger partial charge in [0.25, 0.3) is 0 Å². The van der Waals surface area contributed by atoms with E-state index >= 15 is 0 Å². The van der Waals surface area contributed by atoms with Gasteiger partial charge >= 0.3 is 5.97 Å². The molecule has 0 saturated heterocycles. The molecule has 5 rings (SSSR count). The highest BCUT2D eigenvalue weighted by atomic mass is 16.5. The Morgan fingerprint density at radius 3 is 2.86 bits per heavy atom. The van der Waals surface area contributed by atoms with Crippen LogP contribution in [0.5, 0.6) is 17.2 Å². The second-order valence-electron chi connectivity index (χ2n) is 9.93. The van der Waals surface area contributed by atoms with Gasteiger partial charge in [-0.25, -0.2) is 0 Å². The van der Waals surface area contributed by atoms with Crippen LogP contribution in [0.4, 0.5) is 0 Å². The second kappa shape index (κ2) is 10.8. The lowest BCUT2D eigenvalue weighted by atomic mass is 9.87. The van der Waals surface area contributed by atoms with E-state index < -0.39 is 5.97 Å². The molecule has 0 aliphatic carbocycles. The molecule has 3 aromatic rings. The number of rotatable bonds is 10. The number of pyridine rings is 1. The van der Waals surface area contributed by atoms with Crippen molar-refractivity contribution in [1.29, 1.82) is 0 Å². The smallest absolute Gasteiger partial charge is 0.303 e. The first kappa shape index (κ1) is 24.4. The number of methoxy groups -OCH3 is 1. The van der Waals surface area contributed by atoms with Crippen LogP contribution in [0, 0.1) is 0 Å². The Kier molecular flexibility index (Phi) is 7.30. The van der Waals surface area contributed by atoms with Gasteiger partial charge in [-0.15, -0.1) is 0 Å². The van der Waals surface area contributed by atoms with Gasteiger partial charge in [0.2, 0.25) is 5.69 Å². The summed E-state index contributed by atoms with van der Waals surface area (Å²) < 4.78 is 20.2. The molecule has 6 heteroatoms. The van der Waals surface area contributed by atoms with Crippen LogP contribution in [0.3, 0.4) is 0 Å². The Labute approximate surface area is 212 Å². The van der Waals surface area contributed by atoms with Gasteiger partial charge in [0, 0.05) is 18.9 Å². The summed E-state index contributed by atoms with van der Waals surface area (Å²) in [5, 5.41) is 11.5. The first-order chi connectivity index (χ1) is 17.6. The summed E-state index contributed by atoms with van der Waals surface area (Å²) in [7, 11) is 1.67. The zero-order valence-electron chi connectivity index (χ0n) is 21.3. The highest BCUT2D eigenvalue weighted by Crippen LogP contribution is 2.41. The SMILES string of the molecule is CCCCCCOc1c(OC)ccc2cc3[n+](cc12)C(CCC(=O)O)Cc1cc2c(cc1-3)OCCC2. The van der Waals surface area contributed by atoms with Gasteiger partial charge in [-0.05, 0) is 54.0 Å². The Morgan fingerprint density at radius 1 is 1.17 bits per heavy atom. The Balaban J connectivity index is 1.60. The number of aryl methyl sites for hydroxylation is 1. The molecular formula is C30H36NO5+. The molecule has 0 spiro atoms. The predicted molar refractivity (Wildman–Crippen MR) is 139 cm³/mol. The first-order valence-electron chi connectivity index (χ1n) is 13.3. The fraction of sp³-hybridized carbons (Fsp3) is 0.467. The highest BCUT2D eigenvalue weighted by molar-refractivity contribution is 5.91. The third-order valence-corrected chi connectivity index (χ3v) is 7.45. The average Bonchev–Trinajstić information content (AvgIpc) is 2.89. The lowest BCUT2D eigenvalue weighted by molar-refractivity contribution is -0.713. The fourth-order valence-electron chi connectivity index (χ4n) is 5.56. The number of carboxylic acid groups (broad SMARTS) is 1. The maximum Gasteiger partial charge on any atom is 0.303 e. The monoisotopic (exact) mass is 490 g/mol. The molecule has 1 atom stereocenters. The number of hydrogen-bond donors (Lipinski definition) is 1. The zero-order valence-corrected chi connectivity index (χ0v) is 21.3. The lowest BCUT2D eigenvalue weighted by Gasteiger charge is -2.26. The van der Waals surface area contributed by atoms with E-state index in [1.54, 1.807) is 7.11 Å². The van der Waals surface area contributed by atoms with Gasteiger partial charge in [0.15, 0.2) is 23.7 Å². The van der Waals surface area contributed by atoms with Gasteiger partial charge in [0.05, 0.1) is 37.7 Å². The van der Waals surface area contributed by atoms with Crippen molar-refractivity contribution in [3.63, 3.8) is 0 Å². The average molecular weight is 491 g/mol. The van der Waals surface area contributed by atoms with E-state index in [0.717, 1.165) is 72.4 Å². The van der Waals surface area contributed by atoms with E-state index in [-0.39, 0.29) is 12.5 Å². The fourth-order valence-corrected chi connectivity index (χ4v) is 5.56. The molecule has 0 saturated carbocycles. The normalized spacial score (nSPS) is 16.0. The summed E-state index contributed by atoms with van der Waals surface area (Å²) in [6.45, 7) is 3.60. The van der Waals surface area contributed by atoms with Crippen LogP contribution in [0.15, 0.2) is 36.5 Å². The second-order valence-corrected chi connectivity index (χ2v) is 9.93. The summed E-state index contributed by atoms with van der Waals surface area (Å²) >= 11 is 0. The molecule has 0 bridgehead atoms. The van der Waals surface area contributed by atoms with Crippen molar-refractivity contribution < 1.29 is 28.7 Å². The van der Waals surface area contributed by atoms with Crippen molar-refractivity contribution in [2.24, 2.45) is 0 Å². The molecule has 1 aromatic heterocycles. The molecule has 190 valence electrons. The number of carboxylic acids is 1. The largest absolute Gasteiger partial charge is 0.493 e. The number of benzene rings is 2. The Bertz CT molecular complexity index is 1270. The van der Waals surface area contributed by atoms with Gasteiger partial charge < -0.3 is 19.3 Å². The summed E-state index contributed by atoms with van der Waals surface area (Å²) in [5.41, 5.74) is 4.79. The highest BCUT2D eigenvalue weighted by Gasteiger charge is 2.34. The van der Waals surface area contributed by atoms with E-state index in [2.05, 4.69) is 42.0 Å². The number of carbonyl (C=O) groups is 1. The molecule has 3 heterocycles. The van der Waals surface area contributed by atoms with Crippen LogP contribution in [0.2, 0.25) is 0 Å². The molecule has 6 nitrogen and oxygen atoms in total. The van der Waals surface area contributed by atoms with Gasteiger partial charge in [0.1, 0.15) is 5.75 Å². The lowest BCUT2D eigenvalue weighted by Crippen LogP contribution is -2.45. The minimum absolute atomic E-state index is 0.0548. The molecule has 1 N–H and O–H groups in total. The number of aliphatic carboxylic acids is 1. The summed E-state index contributed by atoms with van der Waals surface area (Å²) in [4.78, 5) is 11.5. The maximum atomic E-state index is 11.5. The molecule has 36 heavy (non-hydrogen) atoms. The molecule has 2 aliphatic rings. The number of fused-ring (bicyclic) bond motifs is 5. The number of aromatic nitrogens is 1. The number of ether oxygens (including phenoxy) is 3. The molecular weight excluding hydrogens is 454 g/mol. The van der Waals surface area contributed by atoms with Crippen LogP contribution < -0.4 is 18.8 Å². The minimum atomic E-state index is -0.764. The molecule has 0 fully saturated rings. The van der Waals surface area contributed by atoms with Crippen LogP contribution in [-0.4, -0.2) is 31.4 Å². The van der Waals surface area contributed by atoms with Crippen molar-refractivity contribution >= 4 is 16.7 Å². The van der Waals surface area contributed by atoms with Gasteiger partial charge in [-0.3, -0.25) is 4.79 Å². The number of unbranched alkanes of at least 4 members (excludes halogenated alkanes) is 3. The van der Waals surface area contributed by atoms with Crippen molar-refractivity contribution in [2.75, 3.05) is 20.3 Å². The Morgan fingerprint density at radius 2 is 2.06 bits per heavy atom. The summed E-state index contributed by atoms with van der Waals surface area (Å²) in [6.07, 6.45) is 10.3. The van der Waals surface area contributed by atoms with Crippen molar-refractivity contribution in [3.05, 3.63) is 47.7 Å². The van der Waals surface area contributed by atoms with Crippen LogP contribution in [0.25, 0.3) is 22.0 Å². The van der Waals surface area contributed by atoms with Crippen molar-refractivity contribution in [2.45, 2.75) is 70.8 Å². The number of hydrogen-bond acceptors (Lipinski definition) is 4. The van der Waals surface area contributed by atoms with E-state index in [9.17, 15) is 9.90 Å². The molecule has 2 aliphatic heterocycles. The number of nitrogens with zero attached hydrogens (tertiary/aromatic N) is 1. The van der Waals surface area contributed by atoms with Crippen molar-refractivity contribution in [1.82, 2.24) is 0 Å². The van der Waals surface area contributed by atoms with Crippen LogP contribution in [0.1, 0.15) is 69.0 Å². The van der Waals surface area contributed by atoms with E-state index in [1.165, 1.54) is 29.5 Å². The minimum Gasteiger partial charge on any atom is -0.493 e. The standard InChI is InChI=1S/C30H35NO5/c1-3-4-5-6-13-36-30-25-19-31-23(10-12-29(32)33)16-22-15-21-8-7-14-35-28(21)18-24(22)26(31)17-20(25)9-11-27(30)34-2/h9,11,15,17-19,23H,3-8,10,12-14,16H2,1-2H3/p+1. The topological polar surface area (TPSA) is 68.9 Å². The molecule has 0 amide bonds. The quantitative estimate of drug-likeness (QED) is 0.277. The van der Waals surface area contributed by atoms with E-state index in [4.69, 9.17) is 14.2 Å². The van der Waals surface area contributed by atoms with Crippen molar-refractivity contribution in [3.8, 4) is 28.5 Å². The third kappa shape index (κ3) is 4.86. The molecule has 0 radical (unpaired) electrons. The van der Waals surface area contributed by atoms with Crippen LogP contribution in [-0.2, 0) is 17.6 Å². The van der Waals surface area contributed by atoms with E-state index in [0.29, 0.717) is 13.0 Å². The maximum absolute atomic E-state index is 11.5.